The van der Waals surface area contributed by atoms with Gasteiger partial charge in [-0.25, -0.2) is 0 Å². The zero-order chi connectivity index (χ0) is 15.7. The summed E-state index contributed by atoms with van der Waals surface area (Å²) in [5, 5.41) is 2.93. The fourth-order valence-electron chi connectivity index (χ4n) is 1.90. The molecule has 1 aromatic rings. The molecule has 0 heterocycles. The normalized spacial score (nSPS) is 10.5. The first-order valence-electron chi connectivity index (χ1n) is 7.15. The molecule has 1 rings (SSSR count). The van der Waals surface area contributed by atoms with Crippen LogP contribution in [0.4, 0.5) is 5.69 Å². The number of esters is 1. The predicted molar refractivity (Wildman–Crippen MR) is 87.3 cm³/mol. The van der Waals surface area contributed by atoms with Crippen molar-refractivity contribution in [3.8, 4) is 0 Å². The van der Waals surface area contributed by atoms with Crippen molar-refractivity contribution in [2.75, 3.05) is 18.2 Å². The molecule has 0 unspecified atom stereocenters. The maximum atomic E-state index is 12.0. The average molecular weight is 309 g/mol. The molecule has 116 valence electrons. The highest BCUT2D eigenvalue weighted by Crippen LogP contribution is 2.17. The largest absolute Gasteiger partial charge is 0.468 e. The van der Waals surface area contributed by atoms with Gasteiger partial charge < -0.3 is 10.1 Å². The number of ether oxygens (including phenoxy) is 1. The summed E-state index contributed by atoms with van der Waals surface area (Å²) in [7, 11) is 1.39. The number of rotatable bonds is 8. The Labute approximate surface area is 130 Å². The minimum atomic E-state index is -0.214. The van der Waals surface area contributed by atoms with Crippen LogP contribution in [0.25, 0.3) is 0 Å². The van der Waals surface area contributed by atoms with E-state index in [0.29, 0.717) is 5.75 Å². The SMILES string of the molecule is CCC(CC)C(=O)Nc1ccc(CSCC(=O)OC)cc1. The Morgan fingerprint density at radius 3 is 2.33 bits per heavy atom. The van der Waals surface area contributed by atoms with Gasteiger partial charge in [-0.1, -0.05) is 26.0 Å². The van der Waals surface area contributed by atoms with Crippen LogP contribution < -0.4 is 5.32 Å². The summed E-state index contributed by atoms with van der Waals surface area (Å²) in [6.45, 7) is 4.05. The highest BCUT2D eigenvalue weighted by molar-refractivity contribution is 7.99. The van der Waals surface area contributed by atoms with Crippen molar-refractivity contribution in [1.82, 2.24) is 0 Å². The van der Waals surface area contributed by atoms with E-state index in [0.717, 1.165) is 29.8 Å². The van der Waals surface area contributed by atoms with Gasteiger partial charge in [0, 0.05) is 17.4 Å². The summed E-state index contributed by atoms with van der Waals surface area (Å²) >= 11 is 1.51. The van der Waals surface area contributed by atoms with Crippen LogP contribution in [-0.4, -0.2) is 24.7 Å². The molecule has 0 aromatic heterocycles. The van der Waals surface area contributed by atoms with Crippen molar-refractivity contribution in [3.05, 3.63) is 29.8 Å². The number of carbonyl (C=O) groups is 2. The Bertz CT molecular complexity index is 455. The van der Waals surface area contributed by atoms with Crippen LogP contribution in [0.15, 0.2) is 24.3 Å². The lowest BCUT2D eigenvalue weighted by Crippen LogP contribution is -2.21. The van der Waals surface area contributed by atoms with E-state index in [-0.39, 0.29) is 17.8 Å². The molecule has 0 saturated heterocycles. The Morgan fingerprint density at radius 1 is 1.19 bits per heavy atom. The monoisotopic (exact) mass is 309 g/mol. The minimum Gasteiger partial charge on any atom is -0.468 e. The standard InChI is InChI=1S/C16H23NO3S/c1-4-13(5-2)16(19)17-14-8-6-12(7-9-14)10-21-11-15(18)20-3/h6-9,13H,4-5,10-11H2,1-3H3,(H,17,19). The van der Waals surface area contributed by atoms with E-state index in [1.165, 1.54) is 18.9 Å². The number of methoxy groups -OCH3 is 1. The zero-order valence-electron chi connectivity index (χ0n) is 12.8. The van der Waals surface area contributed by atoms with Crippen molar-refractivity contribution < 1.29 is 14.3 Å². The summed E-state index contributed by atoms with van der Waals surface area (Å²) in [4.78, 5) is 23.0. The molecule has 4 nitrogen and oxygen atoms in total. The van der Waals surface area contributed by atoms with Crippen molar-refractivity contribution in [2.45, 2.75) is 32.4 Å². The molecule has 21 heavy (non-hydrogen) atoms. The van der Waals surface area contributed by atoms with Gasteiger partial charge in [0.2, 0.25) is 5.91 Å². The molecule has 1 amide bonds. The summed E-state index contributed by atoms with van der Waals surface area (Å²) < 4.78 is 4.59. The number of hydrogen-bond acceptors (Lipinski definition) is 4. The number of hydrogen-bond donors (Lipinski definition) is 1. The third-order valence-corrected chi connectivity index (χ3v) is 4.27. The van der Waals surface area contributed by atoms with Crippen molar-refractivity contribution in [1.29, 1.82) is 0 Å². The lowest BCUT2D eigenvalue weighted by molar-refractivity contribution is -0.137. The van der Waals surface area contributed by atoms with Crippen LogP contribution in [0.3, 0.4) is 0 Å². The second-order valence-electron chi connectivity index (χ2n) is 4.77. The second kappa shape index (κ2) is 9.45. The maximum Gasteiger partial charge on any atom is 0.315 e. The number of anilines is 1. The Hall–Kier alpha value is -1.49. The van der Waals surface area contributed by atoms with Gasteiger partial charge in [0.25, 0.3) is 0 Å². The van der Waals surface area contributed by atoms with Gasteiger partial charge in [0.05, 0.1) is 12.9 Å². The summed E-state index contributed by atoms with van der Waals surface area (Å²) in [5.41, 5.74) is 1.93. The highest BCUT2D eigenvalue weighted by atomic mass is 32.2. The first-order valence-corrected chi connectivity index (χ1v) is 8.30. The molecule has 0 atom stereocenters. The Kier molecular flexibility index (Phi) is 7.90. The fourth-order valence-corrected chi connectivity index (χ4v) is 2.71. The zero-order valence-corrected chi connectivity index (χ0v) is 13.7. The third-order valence-electron chi connectivity index (χ3n) is 3.29. The van der Waals surface area contributed by atoms with Gasteiger partial charge in [-0.2, -0.15) is 0 Å². The fraction of sp³-hybridized carbons (Fsp3) is 0.500. The summed E-state index contributed by atoms with van der Waals surface area (Å²) in [6.07, 6.45) is 1.70. The lowest BCUT2D eigenvalue weighted by atomic mass is 10.0. The van der Waals surface area contributed by atoms with Crippen LogP contribution in [-0.2, 0) is 20.1 Å². The van der Waals surface area contributed by atoms with Gasteiger partial charge in [0.1, 0.15) is 0 Å². The molecule has 0 saturated carbocycles. The first-order chi connectivity index (χ1) is 10.1. The lowest BCUT2D eigenvalue weighted by Gasteiger charge is -2.13. The molecule has 0 aliphatic rings. The van der Waals surface area contributed by atoms with Gasteiger partial charge in [0.15, 0.2) is 0 Å². The van der Waals surface area contributed by atoms with Crippen LogP contribution in [0.2, 0.25) is 0 Å². The van der Waals surface area contributed by atoms with E-state index >= 15 is 0 Å². The van der Waals surface area contributed by atoms with Gasteiger partial charge in [-0.3, -0.25) is 9.59 Å². The third kappa shape index (κ3) is 6.21. The van der Waals surface area contributed by atoms with Crippen LogP contribution in [0.1, 0.15) is 32.3 Å². The topological polar surface area (TPSA) is 55.4 Å². The van der Waals surface area contributed by atoms with Gasteiger partial charge in [-0.05, 0) is 30.5 Å². The molecule has 0 radical (unpaired) electrons. The summed E-state index contributed by atoms with van der Waals surface area (Å²) in [5.74, 6) is 1.03. The molecular formula is C16H23NO3S. The number of nitrogens with one attached hydrogen (secondary N) is 1. The smallest absolute Gasteiger partial charge is 0.315 e. The molecule has 0 spiro atoms. The Morgan fingerprint density at radius 2 is 1.81 bits per heavy atom. The van der Waals surface area contributed by atoms with E-state index in [4.69, 9.17) is 0 Å². The molecule has 1 N–H and O–H groups in total. The maximum absolute atomic E-state index is 12.0. The quantitative estimate of drug-likeness (QED) is 0.747. The van der Waals surface area contributed by atoms with Crippen LogP contribution in [0, 0.1) is 5.92 Å². The number of amides is 1. The first kappa shape index (κ1) is 17.6. The van der Waals surface area contributed by atoms with E-state index in [1.54, 1.807) is 0 Å². The molecule has 0 fully saturated rings. The number of carbonyl (C=O) groups excluding carboxylic acids is 2. The van der Waals surface area contributed by atoms with Crippen LogP contribution in [0.5, 0.6) is 0 Å². The molecule has 0 aliphatic heterocycles. The van der Waals surface area contributed by atoms with E-state index in [2.05, 4.69) is 10.1 Å². The average Bonchev–Trinajstić information content (AvgIpc) is 2.50. The van der Waals surface area contributed by atoms with E-state index in [9.17, 15) is 9.59 Å². The van der Waals surface area contributed by atoms with Crippen molar-refractivity contribution >= 4 is 29.3 Å². The van der Waals surface area contributed by atoms with E-state index < -0.39 is 0 Å². The van der Waals surface area contributed by atoms with Crippen molar-refractivity contribution in [2.24, 2.45) is 5.92 Å². The molecule has 0 aliphatic carbocycles. The number of benzene rings is 1. The minimum absolute atomic E-state index is 0.0697. The van der Waals surface area contributed by atoms with Gasteiger partial charge in [-0.15, -0.1) is 11.8 Å². The predicted octanol–water partition coefficient (Wildman–Crippen LogP) is 3.47. The molecule has 5 heteroatoms. The molecular weight excluding hydrogens is 286 g/mol. The molecule has 1 aromatic carbocycles. The van der Waals surface area contributed by atoms with Gasteiger partial charge >= 0.3 is 5.97 Å². The van der Waals surface area contributed by atoms with Crippen molar-refractivity contribution in [3.63, 3.8) is 0 Å². The second-order valence-corrected chi connectivity index (χ2v) is 5.75. The van der Waals surface area contributed by atoms with E-state index in [1.807, 2.05) is 38.1 Å². The highest BCUT2D eigenvalue weighted by Gasteiger charge is 2.13. The Balaban J connectivity index is 2.46. The molecule has 0 bridgehead atoms. The summed E-state index contributed by atoms with van der Waals surface area (Å²) in [6, 6.07) is 7.72. The number of thioether (sulfide) groups is 1. The van der Waals surface area contributed by atoms with Crippen LogP contribution >= 0.6 is 11.8 Å².